The van der Waals surface area contributed by atoms with Crippen LogP contribution in [0, 0.1) is 12.7 Å². The predicted octanol–water partition coefficient (Wildman–Crippen LogP) is 4.53. The van der Waals surface area contributed by atoms with Crippen molar-refractivity contribution in [1.29, 1.82) is 0 Å². The van der Waals surface area contributed by atoms with Gasteiger partial charge < -0.3 is 10.1 Å². The Morgan fingerprint density at radius 2 is 1.90 bits per heavy atom. The van der Waals surface area contributed by atoms with Gasteiger partial charge in [-0.1, -0.05) is 24.3 Å². The number of hydrogen-bond acceptors (Lipinski definition) is 2. The van der Waals surface area contributed by atoms with Crippen molar-refractivity contribution in [3.05, 3.63) is 59.4 Å². The van der Waals surface area contributed by atoms with Gasteiger partial charge in [-0.15, -0.1) is 0 Å². The molecule has 0 radical (unpaired) electrons. The van der Waals surface area contributed by atoms with Gasteiger partial charge in [0.2, 0.25) is 0 Å². The average molecular weight is 273 g/mol. The number of aryl methyl sites for hydroxylation is 1. The van der Waals surface area contributed by atoms with Crippen LogP contribution in [0.5, 0.6) is 5.75 Å². The molecule has 106 valence electrons. The molecule has 3 heteroatoms. The molecule has 0 amide bonds. The van der Waals surface area contributed by atoms with E-state index in [0.29, 0.717) is 12.1 Å². The van der Waals surface area contributed by atoms with Gasteiger partial charge in [-0.3, -0.25) is 0 Å². The molecule has 0 heterocycles. The van der Waals surface area contributed by atoms with Gasteiger partial charge in [-0.25, -0.2) is 4.39 Å². The monoisotopic (exact) mass is 273 g/mol. The fourth-order valence-corrected chi connectivity index (χ4v) is 1.92. The Morgan fingerprint density at radius 1 is 1.15 bits per heavy atom. The molecule has 0 aliphatic carbocycles. The van der Waals surface area contributed by atoms with Crippen LogP contribution in [0.4, 0.5) is 10.1 Å². The van der Waals surface area contributed by atoms with Gasteiger partial charge in [0.1, 0.15) is 11.6 Å². The fraction of sp³-hybridized carbons (Fsp3) is 0.294. The normalized spacial score (nSPS) is 10.7. The van der Waals surface area contributed by atoms with Gasteiger partial charge in [0, 0.05) is 17.8 Å². The zero-order valence-corrected chi connectivity index (χ0v) is 12.1. The first-order valence-electron chi connectivity index (χ1n) is 6.81. The Balaban J connectivity index is 2.08. The molecule has 2 nitrogen and oxygen atoms in total. The summed E-state index contributed by atoms with van der Waals surface area (Å²) < 4.78 is 19.3. The lowest BCUT2D eigenvalue weighted by atomic mass is 10.1. The number of halogens is 1. The summed E-state index contributed by atoms with van der Waals surface area (Å²) in [6.07, 6.45) is 0.132. The SMILES string of the molecule is Cc1ccc(NCc2ccccc2OC(C)C)cc1F. The second-order valence-corrected chi connectivity index (χ2v) is 5.09. The van der Waals surface area contributed by atoms with Crippen LogP contribution >= 0.6 is 0 Å². The molecular formula is C17H20FNO. The van der Waals surface area contributed by atoms with E-state index in [2.05, 4.69) is 5.32 Å². The van der Waals surface area contributed by atoms with Crippen molar-refractivity contribution in [2.45, 2.75) is 33.4 Å². The molecule has 2 rings (SSSR count). The van der Waals surface area contributed by atoms with Crippen molar-refractivity contribution in [3.8, 4) is 5.75 Å². The summed E-state index contributed by atoms with van der Waals surface area (Å²) in [5.74, 6) is 0.671. The lowest BCUT2D eigenvalue weighted by molar-refractivity contribution is 0.240. The second kappa shape index (κ2) is 6.42. The number of rotatable bonds is 5. The van der Waals surface area contributed by atoms with Crippen LogP contribution in [-0.2, 0) is 6.54 Å². The Bertz CT molecular complexity index is 581. The minimum absolute atomic E-state index is 0.132. The van der Waals surface area contributed by atoms with Crippen molar-refractivity contribution < 1.29 is 9.13 Å². The maximum atomic E-state index is 13.5. The Hall–Kier alpha value is -2.03. The van der Waals surface area contributed by atoms with Crippen molar-refractivity contribution in [1.82, 2.24) is 0 Å². The summed E-state index contributed by atoms with van der Waals surface area (Å²) in [4.78, 5) is 0. The first-order valence-corrected chi connectivity index (χ1v) is 6.81. The van der Waals surface area contributed by atoms with Crippen LogP contribution in [0.1, 0.15) is 25.0 Å². The summed E-state index contributed by atoms with van der Waals surface area (Å²) in [7, 11) is 0. The molecule has 1 N–H and O–H groups in total. The fourth-order valence-electron chi connectivity index (χ4n) is 1.92. The highest BCUT2D eigenvalue weighted by molar-refractivity contribution is 5.47. The smallest absolute Gasteiger partial charge is 0.128 e. The first kappa shape index (κ1) is 14.4. The van der Waals surface area contributed by atoms with Crippen LogP contribution in [0.25, 0.3) is 0 Å². The van der Waals surface area contributed by atoms with Crippen LogP contribution in [0.2, 0.25) is 0 Å². The number of benzene rings is 2. The van der Waals surface area contributed by atoms with Gasteiger partial charge >= 0.3 is 0 Å². The third-order valence-corrected chi connectivity index (χ3v) is 2.99. The molecule has 0 aliphatic heterocycles. The number of nitrogens with one attached hydrogen (secondary N) is 1. The molecule has 0 bridgehead atoms. The maximum Gasteiger partial charge on any atom is 0.128 e. The molecule has 2 aromatic carbocycles. The molecule has 0 fully saturated rings. The zero-order valence-electron chi connectivity index (χ0n) is 12.1. The van der Waals surface area contributed by atoms with E-state index < -0.39 is 0 Å². The molecule has 2 aromatic rings. The standard InChI is InChI=1S/C17H20FNO/c1-12(2)20-17-7-5-4-6-14(17)11-19-15-9-8-13(3)16(18)10-15/h4-10,12,19H,11H2,1-3H3. The highest BCUT2D eigenvalue weighted by Gasteiger charge is 2.05. The first-order chi connectivity index (χ1) is 9.56. The van der Waals surface area contributed by atoms with Crippen molar-refractivity contribution >= 4 is 5.69 Å². The number of para-hydroxylation sites is 1. The van der Waals surface area contributed by atoms with Gasteiger partial charge in [-0.2, -0.15) is 0 Å². The van der Waals surface area contributed by atoms with Crippen LogP contribution in [0.15, 0.2) is 42.5 Å². The lowest BCUT2D eigenvalue weighted by Crippen LogP contribution is -2.09. The summed E-state index contributed by atoms with van der Waals surface area (Å²) in [5, 5.41) is 3.22. The Labute approximate surface area is 119 Å². The highest BCUT2D eigenvalue weighted by atomic mass is 19.1. The molecule has 0 spiro atoms. The molecule has 0 atom stereocenters. The van der Waals surface area contributed by atoms with E-state index in [0.717, 1.165) is 17.0 Å². The van der Waals surface area contributed by atoms with Gasteiger partial charge in [-0.05, 0) is 44.5 Å². The minimum Gasteiger partial charge on any atom is -0.491 e. The molecule has 0 saturated heterocycles. The number of anilines is 1. The quantitative estimate of drug-likeness (QED) is 0.864. The lowest BCUT2D eigenvalue weighted by Gasteiger charge is -2.15. The van der Waals surface area contributed by atoms with Crippen LogP contribution in [-0.4, -0.2) is 6.10 Å². The predicted molar refractivity (Wildman–Crippen MR) is 80.7 cm³/mol. The van der Waals surface area contributed by atoms with E-state index in [4.69, 9.17) is 4.74 Å². The van der Waals surface area contributed by atoms with E-state index in [-0.39, 0.29) is 11.9 Å². The largest absolute Gasteiger partial charge is 0.491 e. The maximum absolute atomic E-state index is 13.5. The zero-order chi connectivity index (χ0) is 14.5. The van der Waals surface area contributed by atoms with E-state index in [9.17, 15) is 4.39 Å². The van der Waals surface area contributed by atoms with Gasteiger partial charge in [0.25, 0.3) is 0 Å². The Kier molecular flexibility index (Phi) is 4.61. The van der Waals surface area contributed by atoms with Crippen molar-refractivity contribution in [2.24, 2.45) is 0 Å². The molecule has 0 saturated carbocycles. The minimum atomic E-state index is -0.193. The molecular weight excluding hydrogens is 253 g/mol. The van der Waals surface area contributed by atoms with Crippen LogP contribution in [0.3, 0.4) is 0 Å². The topological polar surface area (TPSA) is 21.3 Å². The molecule has 20 heavy (non-hydrogen) atoms. The van der Waals surface area contributed by atoms with Gasteiger partial charge in [0.05, 0.1) is 6.10 Å². The third kappa shape index (κ3) is 3.73. The van der Waals surface area contributed by atoms with E-state index in [1.165, 1.54) is 6.07 Å². The number of ether oxygens (including phenoxy) is 1. The molecule has 0 aromatic heterocycles. The summed E-state index contributed by atoms with van der Waals surface area (Å²) in [5.41, 5.74) is 2.48. The van der Waals surface area contributed by atoms with E-state index in [1.807, 2.05) is 44.2 Å². The summed E-state index contributed by atoms with van der Waals surface area (Å²) >= 11 is 0. The van der Waals surface area contributed by atoms with Crippen molar-refractivity contribution in [2.75, 3.05) is 5.32 Å². The van der Waals surface area contributed by atoms with E-state index in [1.54, 1.807) is 13.0 Å². The van der Waals surface area contributed by atoms with Crippen LogP contribution < -0.4 is 10.1 Å². The van der Waals surface area contributed by atoms with E-state index >= 15 is 0 Å². The average Bonchev–Trinajstić information content (AvgIpc) is 2.41. The molecule has 0 unspecified atom stereocenters. The van der Waals surface area contributed by atoms with Crippen molar-refractivity contribution in [3.63, 3.8) is 0 Å². The number of hydrogen-bond donors (Lipinski definition) is 1. The second-order valence-electron chi connectivity index (χ2n) is 5.09. The molecule has 0 aliphatic rings. The Morgan fingerprint density at radius 3 is 2.60 bits per heavy atom. The summed E-state index contributed by atoms with van der Waals surface area (Å²) in [6, 6.07) is 13.1. The highest BCUT2D eigenvalue weighted by Crippen LogP contribution is 2.21. The summed E-state index contributed by atoms with van der Waals surface area (Å²) in [6.45, 7) is 6.36. The third-order valence-electron chi connectivity index (χ3n) is 2.99. The van der Waals surface area contributed by atoms with Gasteiger partial charge in [0.15, 0.2) is 0 Å².